The maximum Gasteiger partial charge on any atom is 0.311 e. The van der Waals surface area contributed by atoms with Crippen molar-refractivity contribution in [1.82, 2.24) is 0 Å². The van der Waals surface area contributed by atoms with E-state index in [1.54, 1.807) is 7.11 Å². The Morgan fingerprint density at radius 2 is 1.45 bits per heavy atom. The van der Waals surface area contributed by atoms with Gasteiger partial charge in [-0.15, -0.1) is 12.3 Å². The molecule has 1 unspecified atom stereocenters. The van der Waals surface area contributed by atoms with Crippen molar-refractivity contribution in [2.75, 3.05) is 20.3 Å². The van der Waals surface area contributed by atoms with Crippen LogP contribution in [0.4, 0.5) is 0 Å². The van der Waals surface area contributed by atoms with Crippen LogP contribution in [-0.2, 0) is 37.3 Å². The molecule has 1 spiro atoms. The summed E-state index contributed by atoms with van der Waals surface area (Å²) in [6.07, 6.45) is 9.39. The maximum atomic E-state index is 13.7. The molecule has 6 atom stereocenters. The lowest BCUT2D eigenvalue weighted by Gasteiger charge is -2.45. The van der Waals surface area contributed by atoms with Crippen LogP contribution in [0.15, 0.2) is 96.6 Å². The fourth-order valence-corrected chi connectivity index (χ4v) is 17.7. The number of ether oxygens (including phenoxy) is 6. The molecule has 3 aromatic rings. The zero-order valence-corrected chi connectivity index (χ0v) is 42.3. The summed E-state index contributed by atoms with van der Waals surface area (Å²) in [4.78, 5) is 13.7. The first kappa shape index (κ1) is 48.9. The van der Waals surface area contributed by atoms with Gasteiger partial charge < -0.3 is 37.3 Å². The van der Waals surface area contributed by atoms with Crippen molar-refractivity contribution >= 4 is 33.0 Å². The van der Waals surface area contributed by atoms with Gasteiger partial charge in [0.2, 0.25) is 0 Å². The molecule has 2 aliphatic carbocycles. The maximum absolute atomic E-state index is 13.7. The molecule has 0 bridgehead atoms. The fourth-order valence-electron chi connectivity index (χ4n) is 10.1. The molecule has 7 rings (SSSR count). The summed E-state index contributed by atoms with van der Waals surface area (Å²) in [6.45, 7) is 19.0. The van der Waals surface area contributed by atoms with Gasteiger partial charge >= 0.3 is 5.97 Å². The molecule has 9 nitrogen and oxygen atoms in total. The topological polar surface area (TPSA) is 90.9 Å². The first-order valence-electron chi connectivity index (χ1n) is 23.6. The normalized spacial score (nSPS) is 25.0. The van der Waals surface area contributed by atoms with E-state index in [0.29, 0.717) is 5.57 Å². The Labute approximate surface area is 390 Å². The van der Waals surface area contributed by atoms with Crippen molar-refractivity contribution in [3.05, 3.63) is 102 Å². The molecule has 0 amide bonds. The van der Waals surface area contributed by atoms with E-state index in [4.69, 9.17) is 43.7 Å². The van der Waals surface area contributed by atoms with E-state index in [2.05, 4.69) is 114 Å². The monoisotopic (exact) mass is 918 g/mol. The molecule has 0 N–H and O–H groups in total. The van der Waals surface area contributed by atoms with Gasteiger partial charge in [-0.1, -0.05) is 126 Å². The van der Waals surface area contributed by atoms with E-state index in [1.807, 2.05) is 57.2 Å². The number of benzene rings is 3. The number of carbonyl (C=O) groups excluding carboxylic acids is 1. The average molecular weight is 919 g/mol. The summed E-state index contributed by atoms with van der Waals surface area (Å²) in [5, 5.41) is 1.92. The summed E-state index contributed by atoms with van der Waals surface area (Å²) in [6, 6.07) is 31.3. The Kier molecular flexibility index (Phi) is 14.5. The van der Waals surface area contributed by atoms with Gasteiger partial charge in [0.25, 0.3) is 8.32 Å². The second-order valence-electron chi connectivity index (χ2n) is 20.2. The zero-order chi connectivity index (χ0) is 46.7. The second kappa shape index (κ2) is 19.3. The van der Waals surface area contributed by atoms with Gasteiger partial charge in [0.15, 0.2) is 26.0 Å². The largest absolute Gasteiger partial charge is 0.497 e. The van der Waals surface area contributed by atoms with E-state index in [-0.39, 0.29) is 30.6 Å². The standard InChI is InChI=1S/C54H70O9Si2/c1-12-33-54-41(32-36-52(39-57-49(55)50(5,6)7,63-64(13-2,14-3)15-4)46-38-58-53(60-46)34-22-23-35-53)37-45(47(54)59-48(61-54)40-28-30-42(56-11)31-29-40)62-65(51(8,9)10,43-24-18-16-19-25-43)44-26-20-17-21-27-44/h1,16-21,24-31,37,45-48H,13-15,22-23,33-35,38-39H2,2-11H3/t45-,46-,47+,48?,52+,54+/m1/s1. The number of hydrogen-bond acceptors (Lipinski definition) is 9. The van der Waals surface area contributed by atoms with Gasteiger partial charge in [0.1, 0.15) is 30.2 Å². The predicted octanol–water partition coefficient (Wildman–Crippen LogP) is 9.80. The Balaban J connectivity index is 1.44. The van der Waals surface area contributed by atoms with E-state index < -0.39 is 63.6 Å². The molecular weight excluding hydrogens is 849 g/mol. The lowest BCUT2D eigenvalue weighted by Crippen LogP contribution is -2.68. The number of esters is 1. The minimum Gasteiger partial charge on any atom is -0.497 e. The van der Waals surface area contributed by atoms with Crippen LogP contribution in [0.1, 0.15) is 106 Å². The van der Waals surface area contributed by atoms with Crippen LogP contribution in [0.25, 0.3) is 0 Å². The van der Waals surface area contributed by atoms with Crippen molar-refractivity contribution in [3.63, 3.8) is 0 Å². The fraction of sp³-hybridized carbons (Fsp3) is 0.537. The highest BCUT2D eigenvalue weighted by Gasteiger charge is 2.63. The summed E-state index contributed by atoms with van der Waals surface area (Å²) >= 11 is 0. The molecular formula is C54H70O9Si2. The van der Waals surface area contributed by atoms with Crippen molar-refractivity contribution in [3.8, 4) is 29.9 Å². The molecule has 348 valence electrons. The molecule has 2 aliphatic heterocycles. The van der Waals surface area contributed by atoms with Gasteiger partial charge in [-0.25, -0.2) is 0 Å². The van der Waals surface area contributed by atoms with E-state index >= 15 is 0 Å². The Bertz CT molecular complexity index is 2190. The van der Waals surface area contributed by atoms with E-state index in [1.165, 1.54) is 0 Å². The third-order valence-electron chi connectivity index (χ3n) is 14.1. The predicted molar refractivity (Wildman–Crippen MR) is 260 cm³/mol. The molecule has 3 aromatic carbocycles. The molecule has 1 saturated carbocycles. The van der Waals surface area contributed by atoms with Crippen LogP contribution in [0.2, 0.25) is 23.2 Å². The zero-order valence-electron chi connectivity index (χ0n) is 40.3. The van der Waals surface area contributed by atoms with Crippen molar-refractivity contribution in [2.24, 2.45) is 5.41 Å². The SMILES string of the molecule is C#CC[C@@]12OC(c3ccc(OC)cc3)O[C@H]1[C@H](O[Si](c1ccccc1)(c1ccccc1)C(C)(C)C)C=C2C#C[C@@](COC(=O)C(C)(C)C)(O[Si](CC)(CC)CC)[C@H]1COC2(CCCC2)O1. The summed E-state index contributed by atoms with van der Waals surface area (Å²) in [5.41, 5.74) is -1.93. The third kappa shape index (κ3) is 9.46. The molecule has 11 heteroatoms. The first-order chi connectivity index (χ1) is 31.0. The summed E-state index contributed by atoms with van der Waals surface area (Å²) < 4.78 is 55.1. The summed E-state index contributed by atoms with van der Waals surface area (Å²) in [5.74, 6) is 9.93. The van der Waals surface area contributed by atoms with Gasteiger partial charge in [0.05, 0.1) is 25.2 Å². The van der Waals surface area contributed by atoms with Crippen molar-refractivity contribution in [1.29, 1.82) is 0 Å². The molecule has 2 saturated heterocycles. The van der Waals surface area contributed by atoms with Crippen LogP contribution in [0, 0.1) is 29.6 Å². The van der Waals surface area contributed by atoms with Gasteiger partial charge in [-0.3, -0.25) is 4.79 Å². The van der Waals surface area contributed by atoms with Gasteiger partial charge in [-0.05, 0) is 85.4 Å². The second-order valence-corrected chi connectivity index (χ2v) is 29.2. The molecule has 3 fully saturated rings. The molecule has 65 heavy (non-hydrogen) atoms. The molecule has 4 aliphatic rings. The number of hydrogen-bond donors (Lipinski definition) is 0. The average Bonchev–Trinajstić information content (AvgIpc) is 4.10. The number of rotatable bonds is 15. The van der Waals surface area contributed by atoms with E-state index in [0.717, 1.165) is 65.5 Å². The van der Waals surface area contributed by atoms with Gasteiger partial charge in [0, 0.05) is 30.4 Å². The molecule has 0 radical (unpaired) electrons. The van der Waals surface area contributed by atoms with Crippen LogP contribution in [0.5, 0.6) is 5.75 Å². The highest BCUT2D eigenvalue weighted by molar-refractivity contribution is 6.99. The quantitative estimate of drug-likeness (QED) is 0.0840. The number of fused-ring (bicyclic) bond motifs is 1. The number of carbonyl (C=O) groups is 1. The minimum absolute atomic E-state index is 0.137. The smallest absolute Gasteiger partial charge is 0.311 e. The summed E-state index contributed by atoms with van der Waals surface area (Å²) in [7, 11) is -4.03. The number of methoxy groups -OCH3 is 1. The molecule has 2 heterocycles. The Hall–Kier alpha value is -4.02. The van der Waals surface area contributed by atoms with Crippen molar-refractivity contribution in [2.45, 2.75) is 159 Å². The van der Waals surface area contributed by atoms with Crippen LogP contribution in [-0.4, -0.2) is 78.2 Å². The first-order valence-corrected chi connectivity index (χ1v) is 28.0. The van der Waals surface area contributed by atoms with Crippen LogP contribution in [0.3, 0.4) is 0 Å². The highest BCUT2D eigenvalue weighted by Crippen LogP contribution is 2.52. The lowest BCUT2D eigenvalue weighted by molar-refractivity contribution is -0.186. The van der Waals surface area contributed by atoms with Crippen LogP contribution >= 0.6 is 0 Å². The number of terminal acetylenes is 1. The Morgan fingerprint density at radius 1 is 0.846 bits per heavy atom. The van der Waals surface area contributed by atoms with E-state index in [9.17, 15) is 4.79 Å². The highest BCUT2D eigenvalue weighted by atomic mass is 28.4. The van der Waals surface area contributed by atoms with Crippen molar-refractivity contribution < 1.29 is 42.1 Å². The molecule has 0 aromatic heterocycles. The minimum atomic E-state index is -3.17. The Morgan fingerprint density at radius 3 is 1.97 bits per heavy atom. The lowest BCUT2D eigenvalue weighted by atomic mass is 9.88. The van der Waals surface area contributed by atoms with Crippen LogP contribution < -0.4 is 15.1 Å². The van der Waals surface area contributed by atoms with Gasteiger partial charge in [-0.2, -0.15) is 0 Å². The third-order valence-corrected chi connectivity index (χ3v) is 23.8.